The lowest BCUT2D eigenvalue weighted by Gasteiger charge is -2.42. The number of para-hydroxylation sites is 1. The molecule has 6 saturated heterocycles. The number of piperidine rings is 3. The van der Waals surface area contributed by atoms with Crippen LogP contribution in [0.3, 0.4) is 0 Å². The zero-order chi connectivity index (χ0) is 84.1. The molecule has 4 amide bonds. The van der Waals surface area contributed by atoms with Crippen LogP contribution in [0.5, 0.6) is 0 Å². The van der Waals surface area contributed by atoms with Crippen molar-refractivity contribution in [1.82, 2.24) is 50.3 Å². The fourth-order valence-electron chi connectivity index (χ4n) is 18.2. The summed E-state index contributed by atoms with van der Waals surface area (Å²) in [7, 11) is 0. The molecule has 7 N–H and O–H groups in total. The average Bonchev–Trinajstić information content (AvgIpc) is 0.783. The van der Waals surface area contributed by atoms with Crippen molar-refractivity contribution < 1.29 is 29.4 Å². The number of carbonyl (C=O) groups excluding carboxylic acids is 4. The van der Waals surface area contributed by atoms with Crippen LogP contribution in [0, 0.1) is 87.5 Å². The van der Waals surface area contributed by atoms with Gasteiger partial charge in [-0.3, -0.25) is 19.2 Å². The van der Waals surface area contributed by atoms with E-state index in [1.54, 1.807) is 29.6 Å². The third-order valence-corrected chi connectivity index (χ3v) is 24.6. The van der Waals surface area contributed by atoms with Gasteiger partial charge in [0.15, 0.2) is 17.5 Å². The predicted octanol–water partition coefficient (Wildman–Crippen LogP) is 10.8. The fourth-order valence-corrected chi connectivity index (χ4v) is 18.2. The number of primary amides is 1. The lowest BCUT2D eigenvalue weighted by molar-refractivity contribution is -0.120. The van der Waals surface area contributed by atoms with Crippen LogP contribution in [0.4, 0.5) is 51.7 Å². The maximum absolute atomic E-state index is 14.0. The van der Waals surface area contributed by atoms with Crippen molar-refractivity contribution in [2.24, 2.45) is 5.73 Å². The van der Waals surface area contributed by atoms with Gasteiger partial charge in [0.05, 0.1) is 43.1 Å². The maximum atomic E-state index is 14.0. The molecule has 6 fully saturated rings. The van der Waals surface area contributed by atoms with Crippen molar-refractivity contribution in [3.8, 4) is 6.07 Å². The third kappa shape index (κ3) is 19.6. The second-order valence-electron chi connectivity index (χ2n) is 32.7. The summed E-state index contributed by atoms with van der Waals surface area (Å²) in [6.45, 7) is 32.2. The largest absolute Gasteiger partial charge is 0.394 e. The normalized spacial score (nSPS) is 18.2. The monoisotopic (exact) mass is 1610 g/mol. The summed E-state index contributed by atoms with van der Waals surface area (Å²) in [5.74, 6) is 3.12. The number of hydrogen-bond acceptors (Lipinski definition) is 23. The quantitative estimate of drug-likeness (QED) is 0.0465. The molecule has 6 aliphatic rings. The number of piperazine rings is 3. The first-order valence-corrected chi connectivity index (χ1v) is 41.9. The van der Waals surface area contributed by atoms with Crippen LogP contribution in [-0.2, 0) is 4.79 Å². The molecule has 1 unspecified atom stereocenters. The van der Waals surface area contributed by atoms with Crippen molar-refractivity contribution in [2.75, 3.05) is 157 Å². The molecular formula is C92H115N21O6. The molecule has 0 saturated carbocycles. The molecule has 15 rings (SSSR count). The van der Waals surface area contributed by atoms with Crippen LogP contribution in [0.15, 0.2) is 140 Å². The number of nitrogens with zero attached hydrogens (tertiary/aromatic N) is 17. The highest BCUT2D eigenvalue weighted by atomic mass is 16.3. The number of pyridine rings is 1. The summed E-state index contributed by atoms with van der Waals surface area (Å²) in [4.78, 5) is 77.4. The minimum atomic E-state index is -0.580. The lowest BCUT2D eigenvalue weighted by Crippen LogP contribution is -2.59. The Morgan fingerprint density at radius 3 is 1.18 bits per heavy atom. The molecule has 0 spiro atoms. The van der Waals surface area contributed by atoms with Crippen LogP contribution in [-0.4, -0.2) is 232 Å². The van der Waals surface area contributed by atoms with Crippen molar-refractivity contribution in [1.29, 1.82) is 5.26 Å². The number of benzene rings is 5. The first kappa shape index (κ1) is 84.9. The molecule has 119 heavy (non-hydrogen) atoms. The van der Waals surface area contributed by atoms with Crippen LogP contribution in [0.25, 0.3) is 0 Å². The smallest absolute Gasteiger partial charge is 0.254 e. The number of nitriles is 1. The number of rotatable bonds is 18. The number of carbonyl (C=O) groups is 4. The number of aliphatic hydroxyl groups is 2. The van der Waals surface area contributed by atoms with Gasteiger partial charge >= 0.3 is 0 Å². The molecule has 0 bridgehead atoms. The van der Waals surface area contributed by atoms with E-state index < -0.39 is 11.9 Å². The van der Waals surface area contributed by atoms with Gasteiger partial charge in [0.25, 0.3) is 17.7 Å². The first-order valence-electron chi connectivity index (χ1n) is 41.9. The Hall–Kier alpha value is -12.0. The summed E-state index contributed by atoms with van der Waals surface area (Å²) in [6.07, 6.45) is 12.8. The number of aryl methyl sites for hydroxylation is 8. The van der Waals surface area contributed by atoms with E-state index in [-0.39, 0.29) is 49.6 Å². The molecular weight excluding hydrogens is 1500 g/mol. The van der Waals surface area contributed by atoms with E-state index in [0.717, 1.165) is 202 Å². The SMILES string of the molecule is Cc1cc(C)c(C(=O)N2CCN(c3ccccc3C#N)[C@H](CO)C2)c(C)c1NC1CCN(c2cccnn2)CC1.Cc1ccc(N2CCN(C(=O)c3c(C)cc(C)c(NC4CCN(c5cccnn5)CC4)c3C)CC2C(N)=O)cc1.Cc1ccc(N2CCN(C(=O)c3c(C)cc(C)c(NC4CCN(c5cccnn5)CC4)c3C)C[C@H]2CO)nc1. The first-order chi connectivity index (χ1) is 57.5. The minimum absolute atomic E-state index is 0.0119. The maximum Gasteiger partial charge on any atom is 0.254 e. The Morgan fingerprint density at radius 1 is 0.429 bits per heavy atom. The van der Waals surface area contributed by atoms with Gasteiger partial charge in [-0.15, -0.1) is 15.3 Å². The van der Waals surface area contributed by atoms with Gasteiger partial charge < -0.3 is 76.0 Å². The van der Waals surface area contributed by atoms with E-state index in [4.69, 9.17) is 5.73 Å². The molecule has 6 aliphatic heterocycles. The van der Waals surface area contributed by atoms with Gasteiger partial charge in [0.2, 0.25) is 5.91 Å². The fraction of sp³-hybridized carbons (Fsp3) is 0.435. The molecule has 4 aromatic heterocycles. The minimum Gasteiger partial charge on any atom is -0.394 e. The van der Waals surface area contributed by atoms with Crippen molar-refractivity contribution in [3.05, 3.63) is 224 Å². The van der Waals surface area contributed by atoms with Crippen LogP contribution >= 0.6 is 0 Å². The molecule has 27 nitrogen and oxygen atoms in total. The van der Waals surface area contributed by atoms with Crippen LogP contribution < -0.4 is 51.1 Å². The summed E-state index contributed by atoms with van der Waals surface area (Å²) in [5, 5.41) is 66.1. The molecule has 9 aromatic rings. The Labute approximate surface area is 699 Å². The summed E-state index contributed by atoms with van der Waals surface area (Å²) in [5.41, 5.74) is 25.0. The average molecular weight is 1610 g/mol. The number of anilines is 9. The summed E-state index contributed by atoms with van der Waals surface area (Å²) in [6, 6.07) is 39.7. The van der Waals surface area contributed by atoms with Gasteiger partial charge in [-0.05, 0) is 237 Å². The molecule has 27 heteroatoms. The zero-order valence-corrected chi connectivity index (χ0v) is 70.7. The number of nitrogens with two attached hydrogens (primary N) is 1. The Bertz CT molecular complexity index is 5050. The molecule has 10 heterocycles. The van der Waals surface area contributed by atoms with Gasteiger partial charge in [-0.25, -0.2) is 4.98 Å². The Morgan fingerprint density at radius 2 is 0.807 bits per heavy atom. The highest BCUT2D eigenvalue weighted by Crippen LogP contribution is 2.37. The van der Waals surface area contributed by atoms with Crippen molar-refractivity contribution >= 4 is 75.3 Å². The molecule has 3 atom stereocenters. The summed E-state index contributed by atoms with van der Waals surface area (Å²) < 4.78 is 0. The molecule has 0 aliphatic carbocycles. The van der Waals surface area contributed by atoms with Gasteiger partial charge in [-0.1, -0.05) is 54.1 Å². The highest BCUT2D eigenvalue weighted by molar-refractivity contribution is 6.01. The molecule has 624 valence electrons. The second-order valence-corrected chi connectivity index (χ2v) is 32.7. The van der Waals surface area contributed by atoms with Crippen LogP contribution in [0.2, 0.25) is 0 Å². The number of amides is 4. The van der Waals surface area contributed by atoms with E-state index in [1.807, 2.05) is 160 Å². The Kier molecular flexibility index (Phi) is 27.5. The molecule has 5 aromatic carbocycles. The predicted molar refractivity (Wildman–Crippen MR) is 470 cm³/mol. The topological polar surface area (TPSA) is 314 Å². The van der Waals surface area contributed by atoms with Gasteiger partial charge in [0.1, 0.15) is 17.9 Å². The number of nitrogens with one attached hydrogen (secondary N) is 3. The van der Waals surface area contributed by atoms with Crippen LogP contribution in [0.1, 0.15) is 136 Å². The van der Waals surface area contributed by atoms with Crippen molar-refractivity contribution in [3.63, 3.8) is 0 Å². The number of hydrogen-bond donors (Lipinski definition) is 6. The highest BCUT2D eigenvalue weighted by Gasteiger charge is 2.38. The van der Waals surface area contributed by atoms with Crippen molar-refractivity contribution in [2.45, 2.75) is 151 Å². The van der Waals surface area contributed by atoms with E-state index >= 15 is 0 Å². The standard InChI is InChI=1S/C31H39N7O2.C31H37N7O2.C30H39N7O2/c1-20-7-9-25(10-8-20)38-17-16-37(19-26(38)30(32)39)31(40)28-21(2)18-22(3)29(23(28)4)34-24-11-14-36(15-12-24)27-6-5-13-33-35-27;1-21-17-22(2)30(34-25-10-13-36(14-11-25)28-9-6-12-33-35-28)23(3)29(21)31(40)37-15-16-38(26(19-37)20-39)27-8-5-4-7-24(27)18-32;1-20-7-8-26(31-17-20)37-15-14-36(18-25(37)19-38)30(39)28-21(2)16-22(3)29(23(28)4)33-24-9-12-35(13-10-24)27-6-5-11-32-34-27/h5-10,13,18,24,26,34H,11-12,14-17,19H2,1-4H3,(H2,32,39);4-9,12,17,25-26,34,39H,10-11,13-16,19-20H2,1-3H3;5-8,11,16-17,24-25,33,38H,9-10,12-15,18-19H2,1-4H3/t;26-;25-/m.00/s1. The number of aliphatic hydroxyl groups excluding tert-OH is 2. The number of aromatic nitrogens is 7. The van der Waals surface area contributed by atoms with E-state index in [2.05, 4.69) is 128 Å². The van der Waals surface area contributed by atoms with Gasteiger partial charge in [0, 0.05) is 174 Å². The lowest BCUT2D eigenvalue weighted by atomic mass is 9.94. The molecule has 0 radical (unpaired) electrons. The van der Waals surface area contributed by atoms with E-state index in [0.29, 0.717) is 81.6 Å². The van der Waals surface area contributed by atoms with E-state index in [1.165, 1.54) is 0 Å². The summed E-state index contributed by atoms with van der Waals surface area (Å²) >= 11 is 0. The van der Waals surface area contributed by atoms with Gasteiger partial charge in [-0.2, -0.15) is 20.6 Å². The Balaban J connectivity index is 0.000000155. The van der Waals surface area contributed by atoms with E-state index in [9.17, 15) is 34.7 Å². The third-order valence-electron chi connectivity index (χ3n) is 24.6. The second kappa shape index (κ2) is 38.6. The zero-order valence-electron chi connectivity index (χ0n) is 70.7.